The van der Waals surface area contributed by atoms with E-state index in [2.05, 4.69) is 35.3 Å². The van der Waals surface area contributed by atoms with Crippen LogP contribution in [0.5, 0.6) is 11.5 Å². The molecule has 0 unspecified atom stereocenters. The first-order valence-electron chi connectivity index (χ1n) is 13.0. The number of aryl methyl sites for hydroxylation is 1. The standard InChI is InChI=1S/C28H18ClF5N8O3/c1-3-42-26-14(9-38-42)18-13(8-36-26)27(40-39-25(18)35-7-12-4-5-17(44-2)15(29)6-12)41-10-16(37-11-41)28(43)45-24-22(33)20(31)19(30)21(32)23(24)34/h4-6,8-11H,3,7H2,1-2H3,(H,35,39). The molecule has 0 spiro atoms. The summed E-state index contributed by atoms with van der Waals surface area (Å²) in [5.41, 5.74) is 0.860. The van der Waals surface area contributed by atoms with E-state index in [4.69, 9.17) is 16.3 Å². The van der Waals surface area contributed by atoms with Crippen molar-refractivity contribution in [1.29, 1.82) is 0 Å². The maximum absolute atomic E-state index is 14.1. The number of hydrogen-bond acceptors (Lipinski definition) is 9. The number of imidazole rings is 1. The van der Waals surface area contributed by atoms with E-state index in [1.54, 1.807) is 23.0 Å². The Hall–Kier alpha value is -5.38. The molecule has 0 saturated heterocycles. The lowest BCUT2D eigenvalue weighted by Crippen LogP contribution is -2.14. The van der Waals surface area contributed by atoms with Crippen LogP contribution in [0, 0.1) is 29.1 Å². The first kappa shape index (κ1) is 29.7. The molecule has 0 aliphatic rings. The zero-order valence-corrected chi connectivity index (χ0v) is 23.8. The van der Waals surface area contributed by atoms with Crippen LogP contribution in [0.1, 0.15) is 23.0 Å². The predicted molar refractivity (Wildman–Crippen MR) is 150 cm³/mol. The minimum Gasteiger partial charge on any atom is -0.495 e. The monoisotopic (exact) mass is 644 g/mol. The lowest BCUT2D eigenvalue weighted by molar-refractivity contribution is 0.0710. The Bertz CT molecular complexity index is 2110. The minimum absolute atomic E-state index is 0.143. The third-order valence-corrected chi connectivity index (χ3v) is 7.06. The number of pyridine rings is 1. The Morgan fingerprint density at radius 3 is 2.40 bits per heavy atom. The van der Waals surface area contributed by atoms with Crippen molar-refractivity contribution >= 4 is 45.2 Å². The Morgan fingerprint density at radius 2 is 1.71 bits per heavy atom. The second-order valence-corrected chi connectivity index (χ2v) is 9.80. The molecule has 0 amide bonds. The molecule has 17 heteroatoms. The zero-order chi connectivity index (χ0) is 32.0. The molecule has 0 atom stereocenters. The van der Waals surface area contributed by atoms with Crippen molar-refractivity contribution in [2.24, 2.45) is 0 Å². The van der Waals surface area contributed by atoms with E-state index in [-0.39, 0.29) is 5.82 Å². The number of nitrogens with one attached hydrogen (secondary N) is 1. The number of aromatic nitrogens is 7. The van der Waals surface area contributed by atoms with Gasteiger partial charge in [-0.15, -0.1) is 10.2 Å². The summed E-state index contributed by atoms with van der Waals surface area (Å²) in [6, 6.07) is 5.29. The van der Waals surface area contributed by atoms with E-state index in [1.807, 2.05) is 13.0 Å². The van der Waals surface area contributed by atoms with Gasteiger partial charge >= 0.3 is 5.97 Å². The molecule has 0 aliphatic heterocycles. The van der Waals surface area contributed by atoms with Crippen molar-refractivity contribution in [2.45, 2.75) is 20.0 Å². The number of halogens is 6. The number of nitrogens with zero attached hydrogens (tertiary/aromatic N) is 7. The highest BCUT2D eigenvalue weighted by Gasteiger charge is 2.29. The average molecular weight is 645 g/mol. The highest BCUT2D eigenvalue weighted by atomic mass is 35.5. The van der Waals surface area contributed by atoms with Crippen molar-refractivity contribution in [3.63, 3.8) is 0 Å². The number of rotatable bonds is 8. The molecule has 2 aromatic carbocycles. The van der Waals surface area contributed by atoms with Crippen molar-refractivity contribution in [1.82, 2.24) is 34.5 Å². The van der Waals surface area contributed by atoms with Gasteiger partial charge in [0.15, 0.2) is 23.0 Å². The van der Waals surface area contributed by atoms with Gasteiger partial charge in [0.05, 0.1) is 23.7 Å². The fourth-order valence-corrected chi connectivity index (χ4v) is 4.85. The lowest BCUT2D eigenvalue weighted by Gasteiger charge is -2.13. The van der Waals surface area contributed by atoms with E-state index in [0.717, 1.165) is 18.1 Å². The van der Waals surface area contributed by atoms with Gasteiger partial charge in [-0.05, 0) is 24.6 Å². The topological polar surface area (TPSA) is 122 Å². The van der Waals surface area contributed by atoms with Crippen LogP contribution >= 0.6 is 11.6 Å². The van der Waals surface area contributed by atoms with E-state index < -0.39 is 46.5 Å². The van der Waals surface area contributed by atoms with Crippen LogP contribution in [0.15, 0.2) is 43.1 Å². The smallest absolute Gasteiger partial charge is 0.364 e. The largest absolute Gasteiger partial charge is 0.495 e. The molecule has 0 fully saturated rings. The van der Waals surface area contributed by atoms with E-state index >= 15 is 0 Å². The Kier molecular flexibility index (Phi) is 7.66. The summed E-state index contributed by atoms with van der Waals surface area (Å²) in [5.74, 6) is -13.8. The molecule has 1 N–H and O–H groups in total. The third kappa shape index (κ3) is 5.12. The summed E-state index contributed by atoms with van der Waals surface area (Å²) >= 11 is 6.27. The minimum atomic E-state index is -2.39. The molecule has 4 heterocycles. The van der Waals surface area contributed by atoms with Gasteiger partial charge in [0, 0.05) is 36.3 Å². The summed E-state index contributed by atoms with van der Waals surface area (Å²) in [6.07, 6.45) is 5.36. The first-order chi connectivity index (χ1) is 21.6. The molecule has 6 rings (SSSR count). The fourth-order valence-electron chi connectivity index (χ4n) is 4.57. The van der Waals surface area contributed by atoms with Gasteiger partial charge in [0.1, 0.15) is 12.1 Å². The van der Waals surface area contributed by atoms with Crippen LogP contribution in [0.3, 0.4) is 0 Å². The summed E-state index contributed by atoms with van der Waals surface area (Å²) in [5, 5.41) is 18.3. The highest BCUT2D eigenvalue weighted by molar-refractivity contribution is 6.32. The fraction of sp³-hybridized carbons (Fsp3) is 0.143. The molecule has 0 aliphatic carbocycles. The Balaban J connectivity index is 1.37. The van der Waals surface area contributed by atoms with Crippen LogP contribution in [0.2, 0.25) is 5.02 Å². The van der Waals surface area contributed by atoms with Crippen LogP contribution in [-0.4, -0.2) is 47.6 Å². The van der Waals surface area contributed by atoms with Gasteiger partial charge in [-0.1, -0.05) is 17.7 Å². The van der Waals surface area contributed by atoms with Gasteiger partial charge in [0.25, 0.3) is 0 Å². The SMILES string of the molecule is CCn1ncc2c3c(NCc4ccc(OC)c(Cl)c4)nnc(-n4cnc(C(=O)Oc5c(F)c(F)c(F)c(F)c5F)c4)c3cnc21. The molecule has 4 aromatic heterocycles. The molecule has 6 aromatic rings. The highest BCUT2D eigenvalue weighted by Crippen LogP contribution is 2.33. The summed E-state index contributed by atoms with van der Waals surface area (Å²) in [6.45, 7) is 2.74. The maximum Gasteiger partial charge on any atom is 0.364 e. The number of carbonyl (C=O) groups is 1. The third-order valence-electron chi connectivity index (χ3n) is 6.76. The quantitative estimate of drug-likeness (QED) is 0.0724. The number of ether oxygens (including phenoxy) is 2. The number of anilines is 1. The molecule has 45 heavy (non-hydrogen) atoms. The van der Waals surface area contributed by atoms with Crippen molar-refractivity contribution in [3.05, 3.63) is 88.5 Å². The molecule has 0 saturated carbocycles. The Labute approximate surface area is 254 Å². The number of methoxy groups -OCH3 is 1. The van der Waals surface area contributed by atoms with Gasteiger partial charge in [-0.25, -0.2) is 32.6 Å². The van der Waals surface area contributed by atoms with Crippen molar-refractivity contribution in [2.75, 3.05) is 12.4 Å². The molecule has 0 radical (unpaired) electrons. The number of benzene rings is 2. The molecule has 0 bridgehead atoms. The number of esters is 1. The normalized spacial score (nSPS) is 11.4. The van der Waals surface area contributed by atoms with Gasteiger partial charge < -0.3 is 14.8 Å². The van der Waals surface area contributed by atoms with Crippen molar-refractivity contribution in [3.8, 4) is 17.3 Å². The van der Waals surface area contributed by atoms with Gasteiger partial charge in [-0.2, -0.15) is 13.9 Å². The zero-order valence-electron chi connectivity index (χ0n) is 23.1. The summed E-state index contributed by atoms with van der Waals surface area (Å²) in [7, 11) is 1.51. The predicted octanol–water partition coefficient (Wildman–Crippen LogP) is 5.77. The maximum atomic E-state index is 14.1. The lowest BCUT2D eigenvalue weighted by atomic mass is 10.1. The van der Waals surface area contributed by atoms with E-state index in [0.29, 0.717) is 51.5 Å². The van der Waals surface area contributed by atoms with Gasteiger partial charge in [-0.3, -0.25) is 4.57 Å². The summed E-state index contributed by atoms with van der Waals surface area (Å²) in [4.78, 5) is 21.0. The number of hydrogen-bond donors (Lipinski definition) is 1. The number of carbonyl (C=O) groups excluding carboxylic acids is 1. The summed E-state index contributed by atoms with van der Waals surface area (Å²) < 4.78 is 81.3. The first-order valence-corrected chi connectivity index (χ1v) is 13.4. The molecular formula is C28H18ClF5N8O3. The van der Waals surface area contributed by atoms with Gasteiger partial charge in [0.2, 0.25) is 34.8 Å². The van der Waals surface area contributed by atoms with Crippen LogP contribution < -0.4 is 14.8 Å². The van der Waals surface area contributed by atoms with Crippen LogP contribution in [-0.2, 0) is 13.1 Å². The second-order valence-electron chi connectivity index (χ2n) is 9.39. The molecule has 230 valence electrons. The second kappa shape index (κ2) is 11.6. The Morgan fingerprint density at radius 1 is 0.978 bits per heavy atom. The van der Waals surface area contributed by atoms with E-state index in [1.165, 1.54) is 17.9 Å². The average Bonchev–Trinajstić information content (AvgIpc) is 3.71. The van der Waals surface area contributed by atoms with Crippen molar-refractivity contribution < 1.29 is 36.2 Å². The van der Waals surface area contributed by atoms with Crippen LogP contribution in [0.4, 0.5) is 27.8 Å². The number of fused-ring (bicyclic) bond motifs is 3. The van der Waals surface area contributed by atoms with E-state index in [9.17, 15) is 26.7 Å². The molecule has 11 nitrogen and oxygen atoms in total. The molecular weight excluding hydrogens is 627 g/mol. The van der Waals surface area contributed by atoms with Crippen LogP contribution in [0.25, 0.3) is 27.6 Å².